The van der Waals surface area contributed by atoms with E-state index in [2.05, 4.69) is 191 Å². The second-order valence-electron chi connectivity index (χ2n) is 10.4. The van der Waals surface area contributed by atoms with Gasteiger partial charge in [0.15, 0.2) is 0 Å². The van der Waals surface area contributed by atoms with Gasteiger partial charge in [0.2, 0.25) is 0 Å². The standard InChI is InChI=1S/C40H28BrNS/c41-35-19-11-33(12-20-35)39-27-28-40(43-39)34-17-25-38(26-18-34)42(36-21-13-31(14-22-36)29-7-3-1-4-8-29)37-23-15-32(16-24-37)30-9-5-2-6-10-30/h1-28H. The summed E-state index contributed by atoms with van der Waals surface area (Å²) >= 11 is 5.36. The SMILES string of the molecule is Brc1ccc(-c2ccc(-c3ccc(N(c4ccc(-c5ccccc5)cc4)c4ccc(-c5ccccc5)cc4)cc3)s2)cc1. The zero-order valence-electron chi connectivity index (χ0n) is 23.4. The maximum Gasteiger partial charge on any atom is 0.0462 e. The van der Waals surface area contributed by atoms with E-state index in [4.69, 9.17) is 0 Å². The molecule has 6 aromatic carbocycles. The Morgan fingerprint density at radius 2 is 0.651 bits per heavy atom. The average molecular weight is 635 g/mol. The summed E-state index contributed by atoms with van der Waals surface area (Å²) in [6.45, 7) is 0. The van der Waals surface area contributed by atoms with Crippen molar-refractivity contribution in [2.24, 2.45) is 0 Å². The molecule has 0 amide bonds. The fourth-order valence-corrected chi connectivity index (χ4v) is 6.63. The fourth-order valence-electron chi connectivity index (χ4n) is 5.35. The van der Waals surface area contributed by atoms with Gasteiger partial charge in [0.25, 0.3) is 0 Å². The number of hydrogen-bond acceptors (Lipinski definition) is 2. The first-order chi connectivity index (χ1) is 21.2. The third-order valence-electron chi connectivity index (χ3n) is 7.61. The molecule has 43 heavy (non-hydrogen) atoms. The van der Waals surface area contributed by atoms with Crippen molar-refractivity contribution in [3.63, 3.8) is 0 Å². The number of thiophene rings is 1. The zero-order valence-corrected chi connectivity index (χ0v) is 25.8. The van der Waals surface area contributed by atoms with E-state index in [1.807, 2.05) is 11.3 Å². The van der Waals surface area contributed by atoms with Crippen molar-refractivity contribution in [3.05, 3.63) is 174 Å². The molecule has 3 heteroatoms. The highest BCUT2D eigenvalue weighted by Crippen LogP contribution is 2.39. The van der Waals surface area contributed by atoms with Crippen LogP contribution < -0.4 is 4.90 Å². The third kappa shape index (κ3) is 5.96. The van der Waals surface area contributed by atoms with Crippen molar-refractivity contribution in [3.8, 4) is 43.1 Å². The van der Waals surface area contributed by atoms with Gasteiger partial charge in [0, 0.05) is 31.3 Å². The largest absolute Gasteiger partial charge is 0.311 e. The molecule has 0 unspecified atom stereocenters. The maximum atomic E-state index is 3.54. The van der Waals surface area contributed by atoms with Gasteiger partial charge in [-0.25, -0.2) is 0 Å². The average Bonchev–Trinajstić information content (AvgIpc) is 3.58. The number of rotatable bonds is 7. The topological polar surface area (TPSA) is 3.24 Å². The van der Waals surface area contributed by atoms with Crippen LogP contribution in [0.1, 0.15) is 0 Å². The van der Waals surface area contributed by atoms with Crippen molar-refractivity contribution in [1.29, 1.82) is 0 Å². The highest BCUT2D eigenvalue weighted by molar-refractivity contribution is 9.10. The second kappa shape index (κ2) is 12.3. The Kier molecular flexibility index (Phi) is 7.75. The molecule has 0 aliphatic rings. The smallest absolute Gasteiger partial charge is 0.0462 e. The predicted molar refractivity (Wildman–Crippen MR) is 188 cm³/mol. The lowest BCUT2D eigenvalue weighted by Gasteiger charge is -2.26. The van der Waals surface area contributed by atoms with E-state index in [-0.39, 0.29) is 0 Å². The van der Waals surface area contributed by atoms with Gasteiger partial charge in [-0.05, 0) is 94.0 Å². The van der Waals surface area contributed by atoms with Crippen LogP contribution in [0, 0.1) is 0 Å². The van der Waals surface area contributed by atoms with Gasteiger partial charge in [0.05, 0.1) is 0 Å². The molecule has 0 atom stereocenters. The van der Waals surface area contributed by atoms with Gasteiger partial charge >= 0.3 is 0 Å². The molecule has 0 N–H and O–H groups in total. The number of hydrogen-bond donors (Lipinski definition) is 0. The lowest BCUT2D eigenvalue weighted by Crippen LogP contribution is -2.09. The van der Waals surface area contributed by atoms with E-state index in [9.17, 15) is 0 Å². The summed E-state index contributed by atoms with van der Waals surface area (Å²) in [7, 11) is 0. The Hall–Kier alpha value is -4.70. The molecular formula is C40H28BrNS. The Bertz CT molecular complexity index is 1840. The Morgan fingerprint density at radius 1 is 0.326 bits per heavy atom. The summed E-state index contributed by atoms with van der Waals surface area (Å²) < 4.78 is 1.09. The van der Waals surface area contributed by atoms with E-state index < -0.39 is 0 Å². The number of halogens is 1. The first kappa shape index (κ1) is 27.2. The normalized spacial score (nSPS) is 10.9. The second-order valence-corrected chi connectivity index (χ2v) is 12.4. The van der Waals surface area contributed by atoms with Gasteiger partial charge in [-0.3, -0.25) is 0 Å². The molecule has 1 nitrogen and oxygen atoms in total. The highest BCUT2D eigenvalue weighted by atomic mass is 79.9. The molecule has 206 valence electrons. The molecule has 0 saturated heterocycles. The summed E-state index contributed by atoms with van der Waals surface area (Å²) in [6, 6.07) is 60.6. The van der Waals surface area contributed by atoms with E-state index >= 15 is 0 Å². The molecule has 0 aliphatic heterocycles. The summed E-state index contributed by atoms with van der Waals surface area (Å²) in [5, 5.41) is 0. The van der Waals surface area contributed by atoms with Crippen molar-refractivity contribution >= 4 is 44.3 Å². The minimum Gasteiger partial charge on any atom is -0.311 e. The molecule has 0 bridgehead atoms. The van der Waals surface area contributed by atoms with E-state index in [1.165, 1.54) is 43.1 Å². The van der Waals surface area contributed by atoms with Crippen LogP contribution in [0.2, 0.25) is 0 Å². The van der Waals surface area contributed by atoms with Crippen molar-refractivity contribution < 1.29 is 0 Å². The minimum atomic E-state index is 1.09. The number of anilines is 3. The summed E-state index contributed by atoms with van der Waals surface area (Å²) in [4.78, 5) is 4.86. The van der Waals surface area contributed by atoms with Gasteiger partial charge in [-0.15, -0.1) is 11.3 Å². The first-order valence-corrected chi connectivity index (χ1v) is 15.9. The van der Waals surface area contributed by atoms with Crippen LogP contribution in [0.15, 0.2) is 174 Å². The van der Waals surface area contributed by atoms with Crippen LogP contribution in [0.25, 0.3) is 43.1 Å². The zero-order chi connectivity index (χ0) is 29.0. The van der Waals surface area contributed by atoms with E-state index in [1.54, 1.807) is 0 Å². The summed E-state index contributed by atoms with van der Waals surface area (Å²) in [5.74, 6) is 0. The first-order valence-electron chi connectivity index (χ1n) is 14.3. The number of benzene rings is 6. The fraction of sp³-hybridized carbons (Fsp3) is 0. The predicted octanol–water partition coefficient (Wildman–Crippen LogP) is 12.6. The molecule has 0 aliphatic carbocycles. The molecular weight excluding hydrogens is 606 g/mol. The Labute approximate surface area is 265 Å². The third-order valence-corrected chi connectivity index (χ3v) is 9.32. The monoisotopic (exact) mass is 633 g/mol. The molecule has 0 spiro atoms. The van der Waals surface area contributed by atoms with Crippen molar-refractivity contribution in [1.82, 2.24) is 0 Å². The molecule has 0 fully saturated rings. The van der Waals surface area contributed by atoms with Gasteiger partial charge in [0.1, 0.15) is 0 Å². The van der Waals surface area contributed by atoms with Crippen molar-refractivity contribution in [2.45, 2.75) is 0 Å². The van der Waals surface area contributed by atoms with Crippen LogP contribution in [-0.2, 0) is 0 Å². The lowest BCUT2D eigenvalue weighted by atomic mass is 10.0. The van der Waals surface area contributed by atoms with Gasteiger partial charge in [-0.1, -0.05) is 125 Å². The Morgan fingerprint density at radius 3 is 1.05 bits per heavy atom. The highest BCUT2D eigenvalue weighted by Gasteiger charge is 2.14. The van der Waals surface area contributed by atoms with E-state index in [0.717, 1.165) is 21.5 Å². The van der Waals surface area contributed by atoms with E-state index in [0.29, 0.717) is 0 Å². The summed E-state index contributed by atoms with van der Waals surface area (Å²) in [6.07, 6.45) is 0. The molecule has 0 saturated carbocycles. The molecule has 1 aromatic heterocycles. The maximum absolute atomic E-state index is 3.54. The minimum absolute atomic E-state index is 1.09. The van der Waals surface area contributed by atoms with Crippen LogP contribution in [0.4, 0.5) is 17.1 Å². The Balaban J connectivity index is 1.22. The molecule has 7 rings (SSSR count). The molecule has 7 aromatic rings. The van der Waals surface area contributed by atoms with Crippen LogP contribution >= 0.6 is 27.3 Å². The summed E-state index contributed by atoms with van der Waals surface area (Å²) in [5.41, 5.74) is 10.7. The lowest BCUT2D eigenvalue weighted by molar-refractivity contribution is 1.28. The quantitative estimate of drug-likeness (QED) is 0.169. The molecule has 0 radical (unpaired) electrons. The van der Waals surface area contributed by atoms with Gasteiger partial charge < -0.3 is 4.90 Å². The van der Waals surface area contributed by atoms with Crippen LogP contribution in [-0.4, -0.2) is 0 Å². The van der Waals surface area contributed by atoms with Crippen molar-refractivity contribution in [2.75, 3.05) is 4.90 Å². The van der Waals surface area contributed by atoms with Crippen LogP contribution in [0.3, 0.4) is 0 Å². The van der Waals surface area contributed by atoms with Gasteiger partial charge in [-0.2, -0.15) is 0 Å². The van der Waals surface area contributed by atoms with Crippen LogP contribution in [0.5, 0.6) is 0 Å². The molecule has 1 heterocycles. The number of nitrogens with zero attached hydrogens (tertiary/aromatic N) is 1.